The van der Waals surface area contributed by atoms with Gasteiger partial charge in [-0.3, -0.25) is 0 Å². The van der Waals surface area contributed by atoms with Crippen molar-refractivity contribution in [3.63, 3.8) is 0 Å². The Balaban J connectivity index is 2.32. The van der Waals surface area contributed by atoms with Gasteiger partial charge in [-0.15, -0.1) is 0 Å². The first-order chi connectivity index (χ1) is 7.79. The van der Waals surface area contributed by atoms with Gasteiger partial charge in [0.05, 0.1) is 0 Å². The molecule has 0 amide bonds. The number of aromatic nitrogens is 2. The average Bonchev–Trinajstić information content (AvgIpc) is 2.31. The fourth-order valence-electron chi connectivity index (χ4n) is 1.68. The van der Waals surface area contributed by atoms with Crippen molar-refractivity contribution in [2.24, 2.45) is 0 Å². The molecule has 0 spiro atoms. The summed E-state index contributed by atoms with van der Waals surface area (Å²) in [6.45, 7) is 2.18. The number of rotatable bonds is 3. The van der Waals surface area contributed by atoms with E-state index in [1.165, 1.54) is 5.56 Å². The lowest BCUT2D eigenvalue weighted by molar-refractivity contribution is 0.922. The third-order valence-electron chi connectivity index (χ3n) is 2.47. The van der Waals surface area contributed by atoms with E-state index in [4.69, 9.17) is 5.73 Å². The molecule has 3 heteroatoms. The molecule has 2 aromatic rings. The third-order valence-corrected chi connectivity index (χ3v) is 2.47. The molecule has 0 saturated carbocycles. The summed E-state index contributed by atoms with van der Waals surface area (Å²) in [4.78, 5) is 8.00. The summed E-state index contributed by atoms with van der Waals surface area (Å²) in [6, 6.07) is 8.45. The zero-order valence-corrected chi connectivity index (χ0v) is 9.35. The molecule has 2 N–H and O–H groups in total. The number of hydrogen-bond donors (Lipinski definition) is 1. The molecular formula is C13H15N3. The Morgan fingerprint density at radius 1 is 1.12 bits per heavy atom. The average molecular weight is 213 g/mol. The molecule has 0 bridgehead atoms. The van der Waals surface area contributed by atoms with Gasteiger partial charge in [0.1, 0.15) is 0 Å². The highest BCUT2D eigenvalue weighted by Crippen LogP contribution is 2.19. The Morgan fingerprint density at radius 3 is 2.56 bits per heavy atom. The number of hydrogen-bond acceptors (Lipinski definition) is 3. The first-order valence-electron chi connectivity index (χ1n) is 5.46. The van der Waals surface area contributed by atoms with Crippen LogP contribution in [0.25, 0.3) is 11.1 Å². The number of anilines is 1. The molecule has 0 radical (unpaired) electrons. The van der Waals surface area contributed by atoms with Crippen LogP contribution < -0.4 is 5.73 Å². The van der Waals surface area contributed by atoms with Crippen LogP contribution in [-0.2, 0) is 6.42 Å². The maximum absolute atomic E-state index is 5.46. The van der Waals surface area contributed by atoms with Gasteiger partial charge in [0.25, 0.3) is 0 Å². The predicted octanol–water partition coefficient (Wildman–Crippen LogP) is 2.68. The molecule has 0 unspecified atom stereocenters. The molecule has 0 aliphatic rings. The van der Waals surface area contributed by atoms with Gasteiger partial charge in [-0.2, -0.15) is 0 Å². The summed E-state index contributed by atoms with van der Waals surface area (Å²) in [5, 5.41) is 0. The number of aryl methyl sites for hydroxylation is 1. The van der Waals surface area contributed by atoms with E-state index in [9.17, 15) is 0 Å². The third kappa shape index (κ3) is 2.37. The van der Waals surface area contributed by atoms with Crippen LogP contribution in [0.3, 0.4) is 0 Å². The number of nitrogens with zero attached hydrogens (tertiary/aromatic N) is 2. The SMILES string of the molecule is CCCc1cccc(-c2cnc(N)nc2)c1. The lowest BCUT2D eigenvalue weighted by atomic mass is 10.0. The second kappa shape index (κ2) is 4.75. The van der Waals surface area contributed by atoms with Crippen LogP contribution in [-0.4, -0.2) is 9.97 Å². The van der Waals surface area contributed by atoms with Gasteiger partial charge in [-0.25, -0.2) is 9.97 Å². The minimum atomic E-state index is 0.313. The Bertz CT molecular complexity index is 463. The van der Waals surface area contributed by atoms with Crippen molar-refractivity contribution in [3.05, 3.63) is 42.2 Å². The molecular weight excluding hydrogens is 198 g/mol. The highest BCUT2D eigenvalue weighted by atomic mass is 15.0. The maximum Gasteiger partial charge on any atom is 0.219 e. The van der Waals surface area contributed by atoms with Crippen molar-refractivity contribution < 1.29 is 0 Å². The van der Waals surface area contributed by atoms with Gasteiger partial charge in [0.2, 0.25) is 5.95 Å². The molecule has 1 aromatic carbocycles. The molecule has 1 aromatic heterocycles. The van der Waals surface area contributed by atoms with E-state index in [-0.39, 0.29) is 0 Å². The standard InChI is InChI=1S/C13H15N3/c1-2-4-10-5-3-6-11(7-10)12-8-15-13(14)16-9-12/h3,5-9H,2,4H2,1H3,(H2,14,15,16). The Kier molecular flexibility index (Phi) is 3.15. The molecule has 0 fully saturated rings. The van der Waals surface area contributed by atoms with Gasteiger partial charge in [-0.05, 0) is 17.5 Å². The van der Waals surface area contributed by atoms with Crippen LogP contribution in [0.1, 0.15) is 18.9 Å². The molecule has 16 heavy (non-hydrogen) atoms. The van der Waals surface area contributed by atoms with Gasteiger partial charge in [-0.1, -0.05) is 37.6 Å². The highest BCUT2D eigenvalue weighted by molar-refractivity contribution is 5.62. The second-order valence-corrected chi connectivity index (χ2v) is 3.78. The summed E-state index contributed by atoms with van der Waals surface area (Å²) in [7, 11) is 0. The molecule has 3 nitrogen and oxygen atoms in total. The van der Waals surface area contributed by atoms with E-state index in [1.807, 2.05) is 0 Å². The lowest BCUT2D eigenvalue weighted by Crippen LogP contribution is -1.93. The maximum atomic E-state index is 5.46. The normalized spacial score (nSPS) is 10.3. The molecule has 0 atom stereocenters. The van der Waals surface area contributed by atoms with Crippen molar-refractivity contribution in [2.75, 3.05) is 5.73 Å². The van der Waals surface area contributed by atoms with Gasteiger partial charge in [0.15, 0.2) is 0 Å². The van der Waals surface area contributed by atoms with Gasteiger partial charge >= 0.3 is 0 Å². The predicted molar refractivity (Wildman–Crippen MR) is 65.9 cm³/mol. The van der Waals surface area contributed by atoms with Crippen molar-refractivity contribution >= 4 is 5.95 Å². The first-order valence-corrected chi connectivity index (χ1v) is 5.46. The van der Waals surface area contributed by atoms with E-state index < -0.39 is 0 Å². The van der Waals surface area contributed by atoms with Crippen LogP contribution in [0.15, 0.2) is 36.7 Å². The zero-order valence-electron chi connectivity index (χ0n) is 9.35. The highest BCUT2D eigenvalue weighted by Gasteiger charge is 2.00. The lowest BCUT2D eigenvalue weighted by Gasteiger charge is -2.04. The summed E-state index contributed by atoms with van der Waals surface area (Å²) in [6.07, 6.45) is 5.77. The minimum Gasteiger partial charge on any atom is -0.368 e. The Hall–Kier alpha value is -1.90. The van der Waals surface area contributed by atoms with Crippen molar-refractivity contribution in [2.45, 2.75) is 19.8 Å². The van der Waals surface area contributed by atoms with E-state index in [0.717, 1.165) is 24.0 Å². The largest absolute Gasteiger partial charge is 0.368 e. The summed E-state index contributed by atoms with van der Waals surface area (Å²) in [5.41, 5.74) is 8.96. The fourth-order valence-corrected chi connectivity index (χ4v) is 1.68. The summed E-state index contributed by atoms with van der Waals surface area (Å²) < 4.78 is 0. The number of benzene rings is 1. The smallest absolute Gasteiger partial charge is 0.219 e. The molecule has 82 valence electrons. The van der Waals surface area contributed by atoms with E-state index >= 15 is 0 Å². The molecule has 0 saturated heterocycles. The Labute approximate surface area is 95.4 Å². The van der Waals surface area contributed by atoms with Crippen LogP contribution in [0.5, 0.6) is 0 Å². The molecule has 1 heterocycles. The van der Waals surface area contributed by atoms with Crippen LogP contribution >= 0.6 is 0 Å². The number of nitrogens with two attached hydrogens (primary N) is 1. The van der Waals surface area contributed by atoms with Crippen LogP contribution in [0.4, 0.5) is 5.95 Å². The number of nitrogen functional groups attached to an aromatic ring is 1. The van der Waals surface area contributed by atoms with E-state index in [2.05, 4.69) is 41.2 Å². The quantitative estimate of drug-likeness (QED) is 0.852. The van der Waals surface area contributed by atoms with Crippen LogP contribution in [0, 0.1) is 0 Å². The zero-order chi connectivity index (χ0) is 11.4. The second-order valence-electron chi connectivity index (χ2n) is 3.78. The molecule has 2 rings (SSSR count). The molecule has 0 aliphatic heterocycles. The van der Waals surface area contributed by atoms with E-state index in [1.54, 1.807) is 12.4 Å². The van der Waals surface area contributed by atoms with E-state index in [0.29, 0.717) is 5.95 Å². The van der Waals surface area contributed by atoms with Crippen molar-refractivity contribution in [3.8, 4) is 11.1 Å². The van der Waals surface area contributed by atoms with Crippen molar-refractivity contribution in [1.82, 2.24) is 9.97 Å². The minimum absolute atomic E-state index is 0.313. The monoisotopic (exact) mass is 213 g/mol. The topological polar surface area (TPSA) is 51.8 Å². The first kappa shape index (κ1) is 10.6. The Morgan fingerprint density at radius 2 is 1.88 bits per heavy atom. The summed E-state index contributed by atoms with van der Waals surface area (Å²) >= 11 is 0. The van der Waals surface area contributed by atoms with Crippen LogP contribution in [0.2, 0.25) is 0 Å². The van der Waals surface area contributed by atoms with Gasteiger partial charge in [0, 0.05) is 18.0 Å². The van der Waals surface area contributed by atoms with Gasteiger partial charge < -0.3 is 5.73 Å². The summed E-state index contributed by atoms with van der Waals surface area (Å²) in [5.74, 6) is 0.313. The van der Waals surface area contributed by atoms with Crippen molar-refractivity contribution in [1.29, 1.82) is 0 Å². The fraction of sp³-hybridized carbons (Fsp3) is 0.231. The molecule has 0 aliphatic carbocycles.